The van der Waals surface area contributed by atoms with Crippen LogP contribution >= 0.6 is 0 Å². The molecule has 2 aromatic carbocycles. The standard InChI is InChI=1S/C28H24N4O/c1-19(20-6-4-3-5-7-20)14-27(33)26-13-12-23-15-29-17-25(28(23)31-26)22-10-8-21(9-11-22)24-16-30-32(2)18-24/h3-13,15-19H,14H2,1-2H3/t19-/m1/s1. The van der Waals surface area contributed by atoms with Crippen LogP contribution in [-0.4, -0.2) is 25.5 Å². The summed E-state index contributed by atoms with van der Waals surface area (Å²) in [4.78, 5) is 22.2. The van der Waals surface area contributed by atoms with Crippen molar-refractivity contribution >= 4 is 16.7 Å². The molecule has 0 aliphatic rings. The van der Waals surface area contributed by atoms with Crippen LogP contribution in [0, 0.1) is 0 Å². The molecule has 0 radical (unpaired) electrons. The smallest absolute Gasteiger partial charge is 0.181 e. The lowest BCUT2D eigenvalue weighted by molar-refractivity contribution is 0.0971. The van der Waals surface area contributed by atoms with Crippen molar-refractivity contribution in [1.82, 2.24) is 19.7 Å². The zero-order valence-electron chi connectivity index (χ0n) is 18.6. The van der Waals surface area contributed by atoms with Crippen molar-refractivity contribution in [2.45, 2.75) is 19.3 Å². The average molecular weight is 433 g/mol. The number of nitrogens with zero attached hydrogens (tertiary/aromatic N) is 4. The first-order chi connectivity index (χ1) is 16.1. The highest BCUT2D eigenvalue weighted by molar-refractivity contribution is 5.99. The molecule has 0 bridgehead atoms. The van der Waals surface area contributed by atoms with Crippen LogP contribution in [0.4, 0.5) is 0 Å². The lowest BCUT2D eigenvalue weighted by atomic mass is 9.94. The van der Waals surface area contributed by atoms with E-state index in [4.69, 9.17) is 4.98 Å². The second-order valence-corrected chi connectivity index (χ2v) is 8.37. The van der Waals surface area contributed by atoms with Crippen molar-refractivity contribution < 1.29 is 4.79 Å². The number of Topliss-reactive ketones (excluding diaryl/α,β-unsaturated/α-hetero) is 1. The van der Waals surface area contributed by atoms with Crippen LogP contribution in [0.15, 0.2) is 91.5 Å². The number of pyridine rings is 2. The SMILES string of the molecule is C[C@H](CC(=O)c1ccc2cncc(-c3ccc(-c4cnn(C)c4)cc3)c2n1)c1ccccc1. The van der Waals surface area contributed by atoms with Gasteiger partial charge in [0.25, 0.3) is 0 Å². The van der Waals surface area contributed by atoms with Gasteiger partial charge in [-0.2, -0.15) is 5.10 Å². The second kappa shape index (κ2) is 8.79. The van der Waals surface area contributed by atoms with Crippen LogP contribution in [0.3, 0.4) is 0 Å². The maximum Gasteiger partial charge on any atom is 0.181 e. The van der Waals surface area contributed by atoms with Crippen LogP contribution < -0.4 is 0 Å². The number of rotatable bonds is 6. The number of benzene rings is 2. The van der Waals surface area contributed by atoms with Gasteiger partial charge in [0.1, 0.15) is 5.69 Å². The highest BCUT2D eigenvalue weighted by Crippen LogP contribution is 2.29. The van der Waals surface area contributed by atoms with E-state index in [1.54, 1.807) is 16.9 Å². The number of carbonyl (C=O) groups is 1. The number of carbonyl (C=O) groups excluding carboxylic acids is 1. The summed E-state index contributed by atoms with van der Waals surface area (Å²) in [6.45, 7) is 2.08. The van der Waals surface area contributed by atoms with Crippen LogP contribution in [0.25, 0.3) is 33.2 Å². The Morgan fingerprint density at radius 3 is 2.36 bits per heavy atom. The van der Waals surface area contributed by atoms with Crippen molar-refractivity contribution in [3.8, 4) is 22.3 Å². The fraction of sp³-hybridized carbons (Fsp3) is 0.143. The Hall–Kier alpha value is -4.12. The molecule has 5 nitrogen and oxygen atoms in total. The maximum atomic E-state index is 13.0. The van der Waals surface area contributed by atoms with Crippen LogP contribution in [-0.2, 0) is 7.05 Å². The van der Waals surface area contributed by atoms with E-state index in [9.17, 15) is 4.79 Å². The topological polar surface area (TPSA) is 60.7 Å². The summed E-state index contributed by atoms with van der Waals surface area (Å²) >= 11 is 0. The molecule has 1 atom stereocenters. The molecule has 5 aromatic rings. The van der Waals surface area contributed by atoms with Gasteiger partial charge in [0.2, 0.25) is 0 Å². The van der Waals surface area contributed by atoms with Gasteiger partial charge in [0.15, 0.2) is 5.78 Å². The van der Waals surface area contributed by atoms with Gasteiger partial charge in [0, 0.05) is 48.6 Å². The van der Waals surface area contributed by atoms with Crippen molar-refractivity contribution in [3.63, 3.8) is 0 Å². The van der Waals surface area contributed by atoms with E-state index in [1.807, 2.05) is 49.9 Å². The number of aryl methyl sites for hydroxylation is 1. The Morgan fingerprint density at radius 2 is 1.64 bits per heavy atom. The monoisotopic (exact) mass is 432 g/mol. The van der Waals surface area contributed by atoms with Gasteiger partial charge in [0.05, 0.1) is 11.7 Å². The Morgan fingerprint density at radius 1 is 0.879 bits per heavy atom. The molecule has 0 aliphatic heterocycles. The molecule has 0 unspecified atom stereocenters. The molecular formula is C28H24N4O. The van der Waals surface area contributed by atoms with Crippen LogP contribution in [0.2, 0.25) is 0 Å². The highest BCUT2D eigenvalue weighted by atomic mass is 16.1. The van der Waals surface area contributed by atoms with E-state index < -0.39 is 0 Å². The van der Waals surface area contributed by atoms with Crippen molar-refractivity contribution in [3.05, 3.63) is 103 Å². The van der Waals surface area contributed by atoms with Crippen LogP contribution in [0.1, 0.15) is 35.3 Å². The van der Waals surface area contributed by atoms with Gasteiger partial charge < -0.3 is 0 Å². The van der Waals surface area contributed by atoms with Crippen molar-refractivity contribution in [2.75, 3.05) is 0 Å². The van der Waals surface area contributed by atoms with E-state index in [-0.39, 0.29) is 11.7 Å². The molecule has 3 heterocycles. The quantitative estimate of drug-likeness (QED) is 0.305. The molecule has 162 valence electrons. The van der Waals surface area contributed by atoms with E-state index in [0.29, 0.717) is 12.1 Å². The minimum absolute atomic E-state index is 0.0444. The lowest BCUT2D eigenvalue weighted by Gasteiger charge is -2.12. The molecule has 0 fully saturated rings. The number of hydrogen-bond acceptors (Lipinski definition) is 4. The van der Waals surface area contributed by atoms with Gasteiger partial charge in [-0.1, -0.05) is 61.5 Å². The molecule has 0 saturated carbocycles. The minimum Gasteiger partial charge on any atom is -0.292 e. The van der Waals surface area contributed by atoms with Gasteiger partial charge in [-0.05, 0) is 34.7 Å². The first-order valence-electron chi connectivity index (χ1n) is 11.0. The molecule has 33 heavy (non-hydrogen) atoms. The molecule has 3 aromatic heterocycles. The van der Waals surface area contributed by atoms with E-state index in [0.717, 1.165) is 38.7 Å². The van der Waals surface area contributed by atoms with Crippen molar-refractivity contribution in [1.29, 1.82) is 0 Å². The molecular weight excluding hydrogens is 408 g/mol. The summed E-state index contributed by atoms with van der Waals surface area (Å²) < 4.78 is 1.79. The van der Waals surface area contributed by atoms with Crippen LogP contribution in [0.5, 0.6) is 0 Å². The largest absolute Gasteiger partial charge is 0.292 e. The Kier molecular flexibility index (Phi) is 5.53. The van der Waals surface area contributed by atoms with E-state index in [1.165, 1.54) is 0 Å². The summed E-state index contributed by atoms with van der Waals surface area (Å²) in [6, 6.07) is 22.1. The summed E-state index contributed by atoms with van der Waals surface area (Å²) in [5.41, 5.74) is 6.52. The normalized spacial score (nSPS) is 12.1. The first-order valence-corrected chi connectivity index (χ1v) is 11.0. The van der Waals surface area contributed by atoms with Gasteiger partial charge >= 0.3 is 0 Å². The summed E-state index contributed by atoms with van der Waals surface area (Å²) in [5, 5.41) is 5.16. The van der Waals surface area contributed by atoms with Gasteiger partial charge in [-0.3, -0.25) is 14.5 Å². The Labute approximate surface area is 192 Å². The maximum absolute atomic E-state index is 13.0. The second-order valence-electron chi connectivity index (χ2n) is 8.37. The molecule has 0 amide bonds. The molecule has 5 rings (SSSR count). The molecule has 5 heteroatoms. The summed E-state index contributed by atoms with van der Waals surface area (Å²) in [5.74, 6) is 0.177. The fourth-order valence-electron chi connectivity index (χ4n) is 4.10. The average Bonchev–Trinajstić information content (AvgIpc) is 3.30. The third-order valence-corrected chi connectivity index (χ3v) is 5.98. The molecule has 0 saturated heterocycles. The fourth-order valence-corrected chi connectivity index (χ4v) is 4.10. The number of aromatic nitrogens is 4. The number of fused-ring (bicyclic) bond motifs is 1. The Balaban J connectivity index is 1.45. The summed E-state index contributed by atoms with van der Waals surface area (Å²) in [6.07, 6.45) is 7.86. The third-order valence-electron chi connectivity index (χ3n) is 5.98. The molecule has 0 spiro atoms. The minimum atomic E-state index is 0.0444. The van der Waals surface area contributed by atoms with E-state index in [2.05, 4.69) is 53.4 Å². The van der Waals surface area contributed by atoms with E-state index >= 15 is 0 Å². The highest BCUT2D eigenvalue weighted by Gasteiger charge is 2.16. The van der Waals surface area contributed by atoms with Gasteiger partial charge in [-0.25, -0.2) is 4.98 Å². The zero-order valence-corrected chi connectivity index (χ0v) is 18.6. The zero-order chi connectivity index (χ0) is 22.8. The molecule has 0 aliphatic carbocycles. The predicted molar refractivity (Wildman–Crippen MR) is 131 cm³/mol. The third kappa shape index (κ3) is 4.30. The van der Waals surface area contributed by atoms with Gasteiger partial charge in [-0.15, -0.1) is 0 Å². The number of hydrogen-bond donors (Lipinski definition) is 0. The van der Waals surface area contributed by atoms with Crippen molar-refractivity contribution in [2.24, 2.45) is 7.05 Å². The summed E-state index contributed by atoms with van der Waals surface area (Å²) in [7, 11) is 1.91. The molecule has 0 N–H and O–H groups in total. The lowest BCUT2D eigenvalue weighted by Crippen LogP contribution is -2.07. The predicted octanol–water partition coefficient (Wildman–Crippen LogP) is 6.07. The number of ketones is 1. The Bertz CT molecular complexity index is 1420. The first kappa shape index (κ1) is 20.8.